The van der Waals surface area contributed by atoms with Crippen molar-refractivity contribution in [3.05, 3.63) is 29.3 Å². The van der Waals surface area contributed by atoms with E-state index in [0.717, 1.165) is 0 Å². The molecule has 0 aliphatic carbocycles. The van der Waals surface area contributed by atoms with E-state index < -0.39 is 11.9 Å². The van der Waals surface area contributed by atoms with Gasteiger partial charge in [-0.25, -0.2) is 4.79 Å². The molecule has 0 spiro atoms. The lowest BCUT2D eigenvalue weighted by atomic mass is 10.1. The summed E-state index contributed by atoms with van der Waals surface area (Å²) >= 11 is 0. The number of aryl methyl sites for hydroxylation is 1. The van der Waals surface area contributed by atoms with Crippen LogP contribution in [0.1, 0.15) is 15.9 Å². The van der Waals surface area contributed by atoms with Crippen LogP contribution in [0.15, 0.2) is 18.2 Å². The van der Waals surface area contributed by atoms with E-state index in [9.17, 15) is 9.59 Å². The van der Waals surface area contributed by atoms with Crippen LogP contribution in [0.2, 0.25) is 0 Å². The van der Waals surface area contributed by atoms with Gasteiger partial charge >= 0.3 is 5.97 Å². The highest BCUT2D eigenvalue weighted by atomic mass is 16.4. The SMILES string of the molecule is C#CC(=O)Nc1ccc(C(=O)O)c(C)c1. The molecule has 0 atom stereocenters. The summed E-state index contributed by atoms with van der Waals surface area (Å²) < 4.78 is 0. The second kappa shape index (κ2) is 4.29. The van der Waals surface area contributed by atoms with Crippen molar-refractivity contribution in [1.82, 2.24) is 0 Å². The Morgan fingerprint density at radius 1 is 1.47 bits per heavy atom. The van der Waals surface area contributed by atoms with Gasteiger partial charge in [0.2, 0.25) is 0 Å². The van der Waals surface area contributed by atoms with Crippen LogP contribution < -0.4 is 5.32 Å². The van der Waals surface area contributed by atoms with Crippen molar-refractivity contribution in [2.75, 3.05) is 5.32 Å². The largest absolute Gasteiger partial charge is 0.478 e. The zero-order chi connectivity index (χ0) is 11.4. The Bertz CT molecular complexity index is 457. The summed E-state index contributed by atoms with van der Waals surface area (Å²) in [5.74, 6) is 0.348. The van der Waals surface area contributed by atoms with E-state index in [-0.39, 0.29) is 5.56 Å². The number of terminal acetylenes is 1. The molecule has 0 bridgehead atoms. The smallest absolute Gasteiger partial charge is 0.335 e. The van der Waals surface area contributed by atoms with E-state index in [1.54, 1.807) is 13.0 Å². The first kappa shape index (κ1) is 10.8. The molecule has 1 aromatic rings. The van der Waals surface area contributed by atoms with Gasteiger partial charge < -0.3 is 10.4 Å². The minimum Gasteiger partial charge on any atom is -0.478 e. The standard InChI is InChI=1S/C11H9NO3/c1-3-10(13)12-8-4-5-9(11(14)15)7(2)6-8/h1,4-6H,2H3,(H,12,13)(H,14,15). The Morgan fingerprint density at radius 3 is 2.60 bits per heavy atom. The zero-order valence-corrected chi connectivity index (χ0v) is 8.07. The average Bonchev–Trinajstić information content (AvgIpc) is 2.17. The maximum absolute atomic E-state index is 10.8. The fraction of sp³-hybridized carbons (Fsp3) is 0.0909. The number of nitrogens with one attached hydrogen (secondary N) is 1. The molecule has 0 unspecified atom stereocenters. The number of benzene rings is 1. The van der Waals surface area contributed by atoms with E-state index in [2.05, 4.69) is 5.32 Å². The van der Waals surface area contributed by atoms with Crippen LogP contribution in [0.25, 0.3) is 0 Å². The second-order valence-electron chi connectivity index (χ2n) is 2.93. The van der Waals surface area contributed by atoms with Gasteiger partial charge in [-0.1, -0.05) is 0 Å². The molecule has 4 heteroatoms. The highest BCUT2D eigenvalue weighted by Gasteiger charge is 2.07. The molecule has 0 aliphatic heterocycles. The summed E-state index contributed by atoms with van der Waals surface area (Å²) in [5.41, 5.74) is 1.26. The Labute approximate surface area is 86.9 Å². The highest BCUT2D eigenvalue weighted by molar-refractivity contribution is 6.03. The third kappa shape index (κ3) is 2.58. The Morgan fingerprint density at radius 2 is 2.13 bits per heavy atom. The van der Waals surface area contributed by atoms with Crippen LogP contribution in [0.4, 0.5) is 5.69 Å². The van der Waals surface area contributed by atoms with E-state index in [4.69, 9.17) is 11.5 Å². The van der Waals surface area contributed by atoms with E-state index in [0.29, 0.717) is 11.3 Å². The van der Waals surface area contributed by atoms with Crippen molar-refractivity contribution in [1.29, 1.82) is 0 Å². The fourth-order valence-corrected chi connectivity index (χ4v) is 1.15. The number of carboxylic acid groups (broad SMARTS) is 1. The van der Waals surface area contributed by atoms with Crippen LogP contribution in [-0.2, 0) is 4.79 Å². The maximum Gasteiger partial charge on any atom is 0.335 e. The van der Waals surface area contributed by atoms with Crippen molar-refractivity contribution in [2.45, 2.75) is 6.92 Å². The lowest BCUT2D eigenvalue weighted by molar-refractivity contribution is -0.111. The molecular formula is C11H9NO3. The molecule has 0 aromatic heterocycles. The van der Waals surface area contributed by atoms with Gasteiger partial charge in [-0.3, -0.25) is 4.79 Å². The molecule has 0 aliphatic rings. The number of hydrogen-bond acceptors (Lipinski definition) is 2. The maximum atomic E-state index is 10.8. The predicted octanol–water partition coefficient (Wildman–Crippen LogP) is 1.26. The number of carbonyl (C=O) groups excluding carboxylic acids is 1. The first-order valence-corrected chi connectivity index (χ1v) is 4.16. The second-order valence-corrected chi connectivity index (χ2v) is 2.93. The summed E-state index contributed by atoms with van der Waals surface area (Å²) in [6, 6.07) is 4.47. The first-order valence-electron chi connectivity index (χ1n) is 4.16. The van der Waals surface area contributed by atoms with Crippen LogP contribution in [-0.4, -0.2) is 17.0 Å². The van der Waals surface area contributed by atoms with Crippen LogP contribution in [0, 0.1) is 19.3 Å². The van der Waals surface area contributed by atoms with Crippen LogP contribution >= 0.6 is 0 Å². The third-order valence-electron chi connectivity index (χ3n) is 1.85. The summed E-state index contributed by atoms with van der Waals surface area (Å²) in [6.45, 7) is 1.65. The van der Waals surface area contributed by atoms with Crippen LogP contribution in [0.3, 0.4) is 0 Å². The average molecular weight is 203 g/mol. The lowest BCUT2D eigenvalue weighted by Gasteiger charge is -2.04. The van der Waals surface area contributed by atoms with Crippen molar-refractivity contribution in [3.8, 4) is 12.3 Å². The van der Waals surface area contributed by atoms with Gasteiger partial charge in [0.1, 0.15) is 0 Å². The molecule has 1 rings (SSSR count). The zero-order valence-electron chi connectivity index (χ0n) is 8.07. The van der Waals surface area contributed by atoms with Gasteiger partial charge in [0, 0.05) is 5.69 Å². The Kier molecular flexibility index (Phi) is 3.09. The molecule has 0 radical (unpaired) electrons. The predicted molar refractivity (Wildman–Crippen MR) is 55.6 cm³/mol. The number of aromatic carboxylic acids is 1. The summed E-state index contributed by atoms with van der Waals surface area (Å²) in [5, 5.41) is 11.2. The molecule has 1 amide bonds. The Balaban J connectivity index is 2.98. The van der Waals surface area contributed by atoms with E-state index >= 15 is 0 Å². The number of rotatable bonds is 2. The molecule has 76 valence electrons. The summed E-state index contributed by atoms with van der Waals surface area (Å²) in [7, 11) is 0. The third-order valence-corrected chi connectivity index (χ3v) is 1.85. The van der Waals surface area contributed by atoms with E-state index in [1.807, 2.05) is 5.92 Å². The Hall–Kier alpha value is -2.28. The topological polar surface area (TPSA) is 66.4 Å². The molecule has 0 fully saturated rings. The molecule has 2 N–H and O–H groups in total. The van der Waals surface area contributed by atoms with Gasteiger partial charge in [0.15, 0.2) is 0 Å². The van der Waals surface area contributed by atoms with Gasteiger partial charge in [0.05, 0.1) is 5.56 Å². The van der Waals surface area contributed by atoms with E-state index in [1.165, 1.54) is 12.1 Å². The van der Waals surface area contributed by atoms with Gasteiger partial charge in [-0.05, 0) is 36.6 Å². The molecule has 1 aromatic carbocycles. The highest BCUT2D eigenvalue weighted by Crippen LogP contribution is 2.14. The van der Waals surface area contributed by atoms with Gasteiger partial charge in [-0.2, -0.15) is 0 Å². The molecule has 0 saturated carbocycles. The van der Waals surface area contributed by atoms with Gasteiger partial charge in [-0.15, -0.1) is 6.42 Å². The number of hydrogen-bond donors (Lipinski definition) is 2. The molecule has 0 saturated heterocycles. The molecule has 15 heavy (non-hydrogen) atoms. The van der Waals surface area contributed by atoms with Gasteiger partial charge in [0.25, 0.3) is 5.91 Å². The van der Waals surface area contributed by atoms with Crippen molar-refractivity contribution < 1.29 is 14.7 Å². The summed E-state index contributed by atoms with van der Waals surface area (Å²) in [4.78, 5) is 21.5. The van der Waals surface area contributed by atoms with Crippen molar-refractivity contribution in [3.63, 3.8) is 0 Å². The molecular weight excluding hydrogens is 194 g/mol. The minimum absolute atomic E-state index is 0.203. The van der Waals surface area contributed by atoms with Crippen molar-refractivity contribution >= 4 is 17.6 Å². The van der Waals surface area contributed by atoms with Crippen LogP contribution in [0.5, 0.6) is 0 Å². The summed E-state index contributed by atoms with van der Waals surface area (Å²) in [6.07, 6.45) is 4.88. The number of carboxylic acids is 1. The number of carbonyl (C=O) groups is 2. The molecule has 4 nitrogen and oxygen atoms in total. The number of amides is 1. The normalized spacial score (nSPS) is 9.07. The number of anilines is 1. The minimum atomic E-state index is -0.998. The molecule has 0 heterocycles. The fourth-order valence-electron chi connectivity index (χ4n) is 1.15. The first-order chi connectivity index (χ1) is 7.04. The quantitative estimate of drug-likeness (QED) is 0.711. The lowest BCUT2D eigenvalue weighted by Crippen LogP contribution is -2.09. The monoisotopic (exact) mass is 203 g/mol. The van der Waals surface area contributed by atoms with Crippen molar-refractivity contribution in [2.24, 2.45) is 0 Å².